The summed E-state index contributed by atoms with van der Waals surface area (Å²) in [5.74, 6) is -0.573. The molecule has 0 atom stereocenters. The van der Waals surface area contributed by atoms with E-state index in [0.717, 1.165) is 17.1 Å². The van der Waals surface area contributed by atoms with Crippen LogP contribution in [-0.4, -0.2) is 34.8 Å². The molecule has 1 aromatic heterocycles. The molecule has 0 unspecified atom stereocenters. The van der Waals surface area contributed by atoms with Crippen molar-refractivity contribution in [3.8, 4) is 12.1 Å². The molecule has 0 fully saturated rings. The Morgan fingerprint density at radius 2 is 1.84 bits per heavy atom. The second-order valence-electron chi connectivity index (χ2n) is 6.52. The minimum Gasteiger partial charge on any atom is -0.288 e. The van der Waals surface area contributed by atoms with Crippen molar-refractivity contribution in [2.24, 2.45) is 5.10 Å². The number of hydrogen-bond acceptors (Lipinski definition) is 7. The summed E-state index contributed by atoms with van der Waals surface area (Å²) < 4.78 is 31.5. The molecular weight excluding hydrogens is 424 g/mol. The van der Waals surface area contributed by atoms with Crippen molar-refractivity contribution >= 4 is 27.4 Å². The van der Waals surface area contributed by atoms with E-state index in [0.29, 0.717) is 12.0 Å². The number of nitriles is 2. The maximum atomic E-state index is 13.0. The number of H-pyrrole nitrogens is 2. The van der Waals surface area contributed by atoms with Gasteiger partial charge in [-0.25, -0.2) is 0 Å². The first kappa shape index (κ1) is 21.7. The highest BCUT2D eigenvalue weighted by Gasteiger charge is 2.33. The summed E-state index contributed by atoms with van der Waals surface area (Å²) in [4.78, 5) is 24.5. The molecule has 1 amide bonds. The second kappa shape index (κ2) is 8.39. The molecule has 1 aliphatic rings. The van der Waals surface area contributed by atoms with E-state index in [-0.39, 0.29) is 46.0 Å². The zero-order valence-electron chi connectivity index (χ0n) is 16.2. The molecule has 0 spiro atoms. The van der Waals surface area contributed by atoms with Gasteiger partial charge in [0.1, 0.15) is 17.8 Å². The van der Waals surface area contributed by atoms with Crippen LogP contribution in [0.3, 0.4) is 0 Å². The van der Waals surface area contributed by atoms with E-state index < -0.39 is 21.6 Å². The number of aromatic nitrogens is 2. The molecule has 1 aliphatic heterocycles. The lowest BCUT2D eigenvalue weighted by Gasteiger charge is -2.13. The first-order valence-electron chi connectivity index (χ1n) is 9.04. The topological polar surface area (TPSA) is 183 Å². The standard InChI is InChI=1S/C19H16N6O5S/c1-2-11(3-8-14-15(9-20)22-23-18(14)26)17-16(10-21)24-25(19(17)27)12-4-6-13(7-5-12)31(28,29)30/h4-7H,2-3,8H2,1H3,(H2,22,23,26)(H,28,29,30). The molecule has 158 valence electrons. The molecule has 2 heterocycles. The molecule has 3 rings (SSSR count). The first-order valence-corrected chi connectivity index (χ1v) is 10.5. The average Bonchev–Trinajstić information content (AvgIpc) is 3.27. The van der Waals surface area contributed by atoms with Crippen molar-refractivity contribution in [1.29, 1.82) is 10.5 Å². The van der Waals surface area contributed by atoms with Crippen LogP contribution in [-0.2, 0) is 21.3 Å². The van der Waals surface area contributed by atoms with E-state index in [1.54, 1.807) is 6.92 Å². The molecule has 0 bridgehead atoms. The minimum absolute atomic E-state index is 0.106. The number of nitrogens with zero attached hydrogens (tertiary/aromatic N) is 4. The first-order chi connectivity index (χ1) is 14.7. The number of hydrogen-bond donors (Lipinski definition) is 3. The van der Waals surface area contributed by atoms with Gasteiger partial charge in [0.05, 0.1) is 21.7 Å². The van der Waals surface area contributed by atoms with E-state index in [1.165, 1.54) is 12.1 Å². The monoisotopic (exact) mass is 440 g/mol. The highest BCUT2D eigenvalue weighted by molar-refractivity contribution is 7.85. The van der Waals surface area contributed by atoms with Crippen molar-refractivity contribution in [2.75, 3.05) is 5.01 Å². The van der Waals surface area contributed by atoms with Crippen LogP contribution < -0.4 is 10.6 Å². The summed E-state index contributed by atoms with van der Waals surface area (Å²) in [7, 11) is -4.39. The average molecular weight is 440 g/mol. The van der Waals surface area contributed by atoms with Crippen LogP contribution in [0.15, 0.2) is 50.2 Å². The van der Waals surface area contributed by atoms with Crippen molar-refractivity contribution in [1.82, 2.24) is 10.2 Å². The maximum absolute atomic E-state index is 13.0. The molecule has 12 heteroatoms. The lowest BCUT2D eigenvalue weighted by atomic mass is 9.95. The molecule has 0 aliphatic carbocycles. The maximum Gasteiger partial charge on any atom is 0.294 e. The Labute approximate surface area is 176 Å². The molecule has 3 N–H and O–H groups in total. The highest BCUT2D eigenvalue weighted by Crippen LogP contribution is 2.29. The van der Waals surface area contributed by atoms with Crippen LogP contribution in [0.4, 0.5) is 5.69 Å². The van der Waals surface area contributed by atoms with E-state index in [1.807, 2.05) is 12.1 Å². The third-order valence-electron chi connectivity index (χ3n) is 4.77. The van der Waals surface area contributed by atoms with Crippen molar-refractivity contribution < 1.29 is 17.8 Å². The zero-order chi connectivity index (χ0) is 22.8. The number of carbonyl (C=O) groups excluding carboxylic acids is 1. The Morgan fingerprint density at radius 3 is 2.39 bits per heavy atom. The fourth-order valence-electron chi connectivity index (χ4n) is 3.21. The Balaban J connectivity index is 1.94. The molecule has 31 heavy (non-hydrogen) atoms. The van der Waals surface area contributed by atoms with E-state index in [2.05, 4.69) is 15.3 Å². The predicted octanol–water partition coefficient (Wildman–Crippen LogP) is 1.39. The Kier molecular flexibility index (Phi) is 5.88. The summed E-state index contributed by atoms with van der Waals surface area (Å²) >= 11 is 0. The molecule has 0 saturated heterocycles. The Morgan fingerprint density at radius 1 is 1.16 bits per heavy atom. The van der Waals surface area contributed by atoms with Crippen LogP contribution in [0.5, 0.6) is 0 Å². The van der Waals surface area contributed by atoms with Crippen LogP contribution >= 0.6 is 0 Å². The number of anilines is 1. The number of carbonyl (C=O) groups is 1. The SMILES string of the molecule is CCC(CCc1c(C#N)[nH][nH]c1=O)=C1C(=O)N(c2ccc(S(=O)(=O)O)cc2)N=C1C#N. The number of hydrazone groups is 1. The van der Waals surface area contributed by atoms with Gasteiger partial charge in [0, 0.05) is 0 Å². The number of amides is 1. The number of nitrogens with one attached hydrogen (secondary N) is 2. The molecule has 11 nitrogen and oxygen atoms in total. The van der Waals surface area contributed by atoms with Gasteiger partial charge in [-0.05, 0) is 43.5 Å². The number of allylic oxidation sites excluding steroid dienone is 1. The van der Waals surface area contributed by atoms with Crippen LogP contribution in [0.2, 0.25) is 0 Å². The molecule has 1 aromatic carbocycles. The summed E-state index contributed by atoms with van der Waals surface area (Å²) in [6.45, 7) is 1.79. The van der Waals surface area contributed by atoms with Crippen LogP contribution in [0.25, 0.3) is 0 Å². The molecular formula is C19H16N6O5S. The number of rotatable bonds is 6. The van der Waals surface area contributed by atoms with Gasteiger partial charge in [-0.3, -0.25) is 24.3 Å². The summed E-state index contributed by atoms with van der Waals surface area (Å²) in [5, 5.41) is 28.4. The van der Waals surface area contributed by atoms with E-state index in [4.69, 9.17) is 9.81 Å². The van der Waals surface area contributed by atoms with Gasteiger partial charge >= 0.3 is 0 Å². The second-order valence-corrected chi connectivity index (χ2v) is 7.94. The third-order valence-corrected chi connectivity index (χ3v) is 5.64. The highest BCUT2D eigenvalue weighted by atomic mass is 32.2. The quantitative estimate of drug-likeness (QED) is 0.447. The Bertz CT molecular complexity index is 1350. The lowest BCUT2D eigenvalue weighted by molar-refractivity contribution is -0.114. The fraction of sp³-hybridized carbons (Fsp3) is 0.211. The minimum atomic E-state index is -4.39. The lowest BCUT2D eigenvalue weighted by Crippen LogP contribution is -2.22. The van der Waals surface area contributed by atoms with Gasteiger partial charge in [-0.2, -0.15) is 29.1 Å². The smallest absolute Gasteiger partial charge is 0.288 e. The van der Waals surface area contributed by atoms with Gasteiger partial charge in [-0.15, -0.1) is 0 Å². The van der Waals surface area contributed by atoms with E-state index >= 15 is 0 Å². The van der Waals surface area contributed by atoms with Gasteiger partial charge in [-0.1, -0.05) is 12.5 Å². The predicted molar refractivity (Wildman–Crippen MR) is 109 cm³/mol. The zero-order valence-corrected chi connectivity index (χ0v) is 17.0. The van der Waals surface area contributed by atoms with E-state index in [9.17, 15) is 23.3 Å². The summed E-state index contributed by atoms with van der Waals surface area (Å²) in [6, 6.07) is 8.57. The van der Waals surface area contributed by atoms with Crippen LogP contribution in [0, 0.1) is 22.7 Å². The normalized spacial score (nSPS) is 15.4. The summed E-state index contributed by atoms with van der Waals surface area (Å²) in [5.41, 5.74) is 0.741. The molecule has 0 radical (unpaired) electrons. The van der Waals surface area contributed by atoms with Gasteiger partial charge in [0.2, 0.25) is 0 Å². The molecule has 2 aromatic rings. The van der Waals surface area contributed by atoms with Crippen molar-refractivity contribution in [3.63, 3.8) is 0 Å². The number of aromatic amines is 2. The Hall–Kier alpha value is -4.00. The van der Waals surface area contributed by atoms with Crippen LogP contribution in [0.1, 0.15) is 31.0 Å². The van der Waals surface area contributed by atoms with Gasteiger partial charge in [0.15, 0.2) is 5.71 Å². The number of benzene rings is 1. The third kappa shape index (κ3) is 4.16. The van der Waals surface area contributed by atoms with Gasteiger partial charge in [0.25, 0.3) is 21.6 Å². The van der Waals surface area contributed by atoms with Crippen molar-refractivity contribution in [3.05, 3.63) is 57.0 Å². The molecule has 0 saturated carbocycles. The van der Waals surface area contributed by atoms with Crippen molar-refractivity contribution in [2.45, 2.75) is 31.1 Å². The summed E-state index contributed by atoms with van der Waals surface area (Å²) in [6.07, 6.45) is 0.842. The largest absolute Gasteiger partial charge is 0.294 e. The fourth-order valence-corrected chi connectivity index (χ4v) is 3.69. The van der Waals surface area contributed by atoms with Gasteiger partial charge < -0.3 is 0 Å².